The number of carbonyl (C=O) groups is 2. The van der Waals surface area contributed by atoms with E-state index >= 15 is 0 Å². The van der Waals surface area contributed by atoms with Gasteiger partial charge in [0.15, 0.2) is 0 Å². The molecule has 14 heavy (non-hydrogen) atoms. The van der Waals surface area contributed by atoms with Crippen LogP contribution in [-0.4, -0.2) is 28.6 Å². The zero-order valence-corrected chi connectivity index (χ0v) is 8.23. The van der Waals surface area contributed by atoms with Gasteiger partial charge in [-0.15, -0.1) is 0 Å². The summed E-state index contributed by atoms with van der Waals surface area (Å²) in [6, 6.07) is 5.45. The molecule has 0 saturated heterocycles. The first kappa shape index (κ1) is 10.4. The summed E-state index contributed by atoms with van der Waals surface area (Å²) in [7, 11) is 1.58. The number of amides is 1. The molecule has 1 rings (SSSR count). The molecule has 1 amide bonds. The Hall–Kier alpha value is -1.71. The highest BCUT2D eigenvalue weighted by Gasteiger charge is 2.13. The Kier molecular flexibility index (Phi) is 3.34. The van der Waals surface area contributed by atoms with Crippen LogP contribution >= 0.6 is 0 Å². The maximum Gasteiger partial charge on any atom is 0.289 e. The van der Waals surface area contributed by atoms with Gasteiger partial charge < -0.3 is 4.90 Å². The van der Waals surface area contributed by atoms with Gasteiger partial charge >= 0.3 is 0 Å². The number of Topliss-reactive ketones (excluding diaryl/α,β-unsaturated/α-hetero) is 1. The summed E-state index contributed by atoms with van der Waals surface area (Å²) in [6.45, 7) is 1.62. The van der Waals surface area contributed by atoms with Crippen molar-refractivity contribution in [3.8, 4) is 0 Å². The van der Waals surface area contributed by atoms with Crippen molar-refractivity contribution >= 4 is 11.7 Å². The Bertz CT molecular complexity index is 335. The van der Waals surface area contributed by atoms with E-state index in [4.69, 9.17) is 0 Å². The lowest BCUT2D eigenvalue weighted by Crippen LogP contribution is -2.31. The van der Waals surface area contributed by atoms with E-state index in [1.54, 1.807) is 19.3 Å². The number of hydrogen-bond acceptors (Lipinski definition) is 3. The Labute approximate surface area is 82.6 Å². The first-order valence-corrected chi connectivity index (χ1v) is 4.27. The van der Waals surface area contributed by atoms with Gasteiger partial charge in [0, 0.05) is 20.2 Å². The van der Waals surface area contributed by atoms with Gasteiger partial charge in [-0.2, -0.15) is 0 Å². The summed E-state index contributed by atoms with van der Waals surface area (Å²) in [5.74, 6) is -0.945. The first-order valence-electron chi connectivity index (χ1n) is 4.27. The average Bonchev–Trinajstić information content (AvgIpc) is 2.18. The normalized spacial score (nSPS) is 9.57. The number of carbonyl (C=O) groups excluding carboxylic acids is 2. The molecule has 0 aliphatic heterocycles. The van der Waals surface area contributed by atoms with Crippen LogP contribution in [0.5, 0.6) is 0 Å². The molecule has 1 aromatic rings. The molecular formula is C10H12N2O2. The molecule has 0 N–H and O–H groups in total. The van der Waals surface area contributed by atoms with Crippen LogP contribution in [0, 0.1) is 0 Å². The second kappa shape index (κ2) is 4.50. The molecule has 1 aromatic heterocycles. The van der Waals surface area contributed by atoms with E-state index in [1.165, 1.54) is 11.8 Å². The molecule has 0 aliphatic carbocycles. The fourth-order valence-corrected chi connectivity index (χ4v) is 1.08. The molecule has 74 valence electrons. The topological polar surface area (TPSA) is 50.3 Å². The maximum absolute atomic E-state index is 11.2. The second-order valence-corrected chi connectivity index (χ2v) is 3.04. The van der Waals surface area contributed by atoms with Crippen molar-refractivity contribution in [2.75, 3.05) is 7.05 Å². The molecule has 0 radical (unpaired) electrons. The summed E-state index contributed by atoms with van der Waals surface area (Å²) >= 11 is 0. The minimum absolute atomic E-state index is 0.360. The van der Waals surface area contributed by atoms with E-state index in [-0.39, 0.29) is 0 Å². The quantitative estimate of drug-likeness (QED) is 0.660. The standard InChI is InChI=1S/C10H12N2O2/c1-8(13)10(14)12(2)7-9-5-3-4-6-11-9/h3-6H,7H2,1-2H3. The van der Waals surface area contributed by atoms with E-state index in [0.717, 1.165) is 5.69 Å². The third kappa shape index (κ3) is 2.65. The third-order valence-corrected chi connectivity index (χ3v) is 1.77. The van der Waals surface area contributed by atoms with Crippen LogP contribution in [0.1, 0.15) is 12.6 Å². The molecule has 4 nitrogen and oxygen atoms in total. The number of nitrogens with zero attached hydrogens (tertiary/aromatic N) is 2. The summed E-state index contributed by atoms with van der Waals surface area (Å²) < 4.78 is 0. The Morgan fingerprint density at radius 2 is 2.14 bits per heavy atom. The fraction of sp³-hybridized carbons (Fsp3) is 0.300. The number of hydrogen-bond donors (Lipinski definition) is 0. The summed E-state index contributed by atoms with van der Waals surface area (Å²) in [6.07, 6.45) is 1.65. The SMILES string of the molecule is CC(=O)C(=O)N(C)Cc1ccccn1. The lowest BCUT2D eigenvalue weighted by atomic mass is 10.3. The monoisotopic (exact) mass is 192 g/mol. The van der Waals surface area contributed by atoms with Crippen LogP contribution in [0.25, 0.3) is 0 Å². The zero-order chi connectivity index (χ0) is 10.6. The minimum atomic E-state index is -0.490. The lowest BCUT2D eigenvalue weighted by molar-refractivity contribution is -0.143. The molecule has 1 heterocycles. The number of likely N-dealkylation sites (N-methyl/N-ethyl adjacent to an activating group) is 1. The highest BCUT2D eigenvalue weighted by atomic mass is 16.2. The van der Waals surface area contributed by atoms with Crippen molar-refractivity contribution in [2.45, 2.75) is 13.5 Å². The van der Waals surface area contributed by atoms with Gasteiger partial charge in [0.1, 0.15) is 0 Å². The minimum Gasteiger partial charge on any atom is -0.333 e. The van der Waals surface area contributed by atoms with Gasteiger partial charge in [0.2, 0.25) is 5.78 Å². The second-order valence-electron chi connectivity index (χ2n) is 3.04. The summed E-state index contributed by atoms with van der Waals surface area (Å²) in [5, 5.41) is 0. The maximum atomic E-state index is 11.2. The zero-order valence-electron chi connectivity index (χ0n) is 8.23. The summed E-state index contributed by atoms with van der Waals surface area (Å²) in [4.78, 5) is 27.4. The van der Waals surface area contributed by atoms with Crippen LogP contribution < -0.4 is 0 Å². The highest BCUT2D eigenvalue weighted by Crippen LogP contribution is 1.99. The molecule has 0 unspecified atom stereocenters. The molecule has 0 bridgehead atoms. The van der Waals surface area contributed by atoms with Crippen molar-refractivity contribution < 1.29 is 9.59 Å². The smallest absolute Gasteiger partial charge is 0.289 e. The molecule has 0 aromatic carbocycles. The van der Waals surface area contributed by atoms with Crippen molar-refractivity contribution in [2.24, 2.45) is 0 Å². The van der Waals surface area contributed by atoms with Gasteiger partial charge in [-0.1, -0.05) is 6.07 Å². The molecule has 0 atom stereocenters. The Morgan fingerprint density at radius 1 is 1.43 bits per heavy atom. The van der Waals surface area contributed by atoms with E-state index in [1.807, 2.05) is 12.1 Å². The number of rotatable bonds is 3. The van der Waals surface area contributed by atoms with E-state index < -0.39 is 11.7 Å². The predicted octanol–water partition coefficient (Wildman–Crippen LogP) is 0.629. The van der Waals surface area contributed by atoms with Gasteiger partial charge in [-0.3, -0.25) is 14.6 Å². The Morgan fingerprint density at radius 3 is 2.64 bits per heavy atom. The van der Waals surface area contributed by atoms with Crippen LogP contribution in [0.4, 0.5) is 0 Å². The van der Waals surface area contributed by atoms with Crippen molar-refractivity contribution in [1.29, 1.82) is 0 Å². The molecule has 0 spiro atoms. The Balaban J connectivity index is 2.62. The van der Waals surface area contributed by atoms with Crippen LogP contribution in [0.15, 0.2) is 24.4 Å². The van der Waals surface area contributed by atoms with E-state index in [9.17, 15) is 9.59 Å². The number of pyridine rings is 1. The molecule has 4 heteroatoms. The van der Waals surface area contributed by atoms with Gasteiger partial charge in [0.25, 0.3) is 5.91 Å². The van der Waals surface area contributed by atoms with Gasteiger partial charge in [0.05, 0.1) is 12.2 Å². The van der Waals surface area contributed by atoms with Crippen LogP contribution in [0.2, 0.25) is 0 Å². The largest absolute Gasteiger partial charge is 0.333 e. The third-order valence-electron chi connectivity index (χ3n) is 1.77. The van der Waals surface area contributed by atoms with Gasteiger partial charge in [-0.05, 0) is 12.1 Å². The van der Waals surface area contributed by atoms with Crippen LogP contribution in [-0.2, 0) is 16.1 Å². The van der Waals surface area contributed by atoms with E-state index in [0.29, 0.717) is 6.54 Å². The molecule has 0 aliphatic rings. The fourth-order valence-electron chi connectivity index (χ4n) is 1.08. The molecule has 0 fully saturated rings. The number of ketones is 1. The van der Waals surface area contributed by atoms with Crippen molar-refractivity contribution in [3.63, 3.8) is 0 Å². The molecular weight excluding hydrogens is 180 g/mol. The summed E-state index contributed by atoms with van der Waals surface area (Å²) in [5.41, 5.74) is 0.768. The first-order chi connectivity index (χ1) is 6.61. The van der Waals surface area contributed by atoms with E-state index in [2.05, 4.69) is 4.98 Å². The molecule has 0 saturated carbocycles. The van der Waals surface area contributed by atoms with Crippen molar-refractivity contribution in [1.82, 2.24) is 9.88 Å². The van der Waals surface area contributed by atoms with Crippen molar-refractivity contribution in [3.05, 3.63) is 30.1 Å². The van der Waals surface area contributed by atoms with Gasteiger partial charge in [-0.25, -0.2) is 0 Å². The lowest BCUT2D eigenvalue weighted by Gasteiger charge is -2.14. The number of aromatic nitrogens is 1. The average molecular weight is 192 g/mol. The van der Waals surface area contributed by atoms with Crippen LogP contribution in [0.3, 0.4) is 0 Å². The highest BCUT2D eigenvalue weighted by molar-refractivity contribution is 6.34. The predicted molar refractivity (Wildman–Crippen MR) is 51.4 cm³/mol.